The van der Waals surface area contributed by atoms with E-state index in [0.717, 1.165) is 18.8 Å². The van der Waals surface area contributed by atoms with Gasteiger partial charge in [0.1, 0.15) is 18.5 Å². The van der Waals surface area contributed by atoms with Crippen molar-refractivity contribution in [3.8, 4) is 5.75 Å². The van der Waals surface area contributed by atoms with Gasteiger partial charge in [0.05, 0.1) is 6.61 Å². The molecule has 0 spiro atoms. The van der Waals surface area contributed by atoms with E-state index in [4.69, 9.17) is 9.47 Å². The number of hydrogen-bond donors (Lipinski definition) is 0. The minimum atomic E-state index is 0.330. The van der Waals surface area contributed by atoms with Crippen molar-refractivity contribution in [2.75, 3.05) is 13.2 Å². The summed E-state index contributed by atoms with van der Waals surface area (Å²) in [5.74, 6) is 1.05. The van der Waals surface area contributed by atoms with Crippen LogP contribution in [-0.2, 0) is 11.2 Å². The van der Waals surface area contributed by atoms with Gasteiger partial charge >= 0.3 is 0 Å². The van der Waals surface area contributed by atoms with Gasteiger partial charge in [-0.05, 0) is 43.7 Å². The smallest absolute Gasteiger partial charge is 0.122 e. The minimum Gasteiger partial charge on any atom is -0.491 e. The first kappa shape index (κ1) is 22.0. The summed E-state index contributed by atoms with van der Waals surface area (Å²) in [6.45, 7) is 3.76. The first-order valence-corrected chi connectivity index (χ1v) is 11.4. The fourth-order valence-electron chi connectivity index (χ4n) is 3.47. The number of para-hydroxylation sites is 1. The van der Waals surface area contributed by atoms with Crippen LogP contribution in [0.2, 0.25) is 0 Å². The zero-order chi connectivity index (χ0) is 19.0. The molecule has 0 saturated carbocycles. The SMILES string of the molecule is CC/C=C/CCCCCCCCCCCCc1ccccc1OCC1CO1. The molecule has 1 aliphatic rings. The standard InChI is InChI=1S/C25H40O2/c1-2-3-4-5-6-7-8-9-10-11-12-13-14-15-18-23-19-16-17-20-25(23)27-22-24-21-26-24/h3-4,16-17,19-20,24H,2,5-15,18,21-22H2,1H3/b4-3+. The van der Waals surface area contributed by atoms with Crippen molar-refractivity contribution in [3.05, 3.63) is 42.0 Å². The molecular weight excluding hydrogens is 332 g/mol. The van der Waals surface area contributed by atoms with Crippen molar-refractivity contribution in [3.63, 3.8) is 0 Å². The Morgan fingerprint density at radius 3 is 2.19 bits per heavy atom. The van der Waals surface area contributed by atoms with Crippen LogP contribution in [-0.4, -0.2) is 19.3 Å². The summed E-state index contributed by atoms with van der Waals surface area (Å²) >= 11 is 0. The van der Waals surface area contributed by atoms with E-state index in [-0.39, 0.29) is 0 Å². The van der Waals surface area contributed by atoms with Gasteiger partial charge in [-0.3, -0.25) is 0 Å². The summed E-state index contributed by atoms with van der Waals surface area (Å²) in [6, 6.07) is 8.49. The largest absolute Gasteiger partial charge is 0.491 e. The fourth-order valence-corrected chi connectivity index (χ4v) is 3.47. The third-order valence-corrected chi connectivity index (χ3v) is 5.27. The van der Waals surface area contributed by atoms with Crippen molar-refractivity contribution in [1.82, 2.24) is 0 Å². The van der Waals surface area contributed by atoms with Crippen LogP contribution in [0.5, 0.6) is 5.75 Å². The van der Waals surface area contributed by atoms with Crippen molar-refractivity contribution in [2.24, 2.45) is 0 Å². The summed E-state index contributed by atoms with van der Waals surface area (Å²) < 4.78 is 11.1. The highest BCUT2D eigenvalue weighted by atomic mass is 16.6. The number of ether oxygens (including phenoxy) is 2. The lowest BCUT2D eigenvalue weighted by Gasteiger charge is -2.10. The molecule has 2 rings (SSSR count). The highest BCUT2D eigenvalue weighted by Crippen LogP contribution is 2.22. The van der Waals surface area contributed by atoms with Gasteiger partial charge in [-0.15, -0.1) is 0 Å². The molecule has 0 radical (unpaired) electrons. The predicted molar refractivity (Wildman–Crippen MR) is 116 cm³/mol. The van der Waals surface area contributed by atoms with E-state index < -0.39 is 0 Å². The molecule has 152 valence electrons. The summed E-state index contributed by atoms with van der Waals surface area (Å²) in [4.78, 5) is 0. The van der Waals surface area contributed by atoms with Gasteiger partial charge in [-0.25, -0.2) is 0 Å². The Hall–Kier alpha value is -1.28. The Kier molecular flexibility index (Phi) is 12.0. The van der Waals surface area contributed by atoms with Gasteiger partial charge in [-0.2, -0.15) is 0 Å². The number of hydrogen-bond acceptors (Lipinski definition) is 2. The van der Waals surface area contributed by atoms with E-state index in [9.17, 15) is 0 Å². The molecule has 0 amide bonds. The first-order chi connectivity index (χ1) is 13.4. The molecule has 0 aromatic heterocycles. The lowest BCUT2D eigenvalue weighted by atomic mass is 10.0. The number of unbranched alkanes of at least 4 members (excludes halogenated alkanes) is 10. The van der Waals surface area contributed by atoms with Crippen molar-refractivity contribution in [2.45, 2.75) is 96.5 Å². The van der Waals surface area contributed by atoms with E-state index in [0.29, 0.717) is 12.7 Å². The maximum Gasteiger partial charge on any atom is 0.122 e. The summed E-state index contributed by atoms with van der Waals surface area (Å²) in [6.07, 6.45) is 22.4. The quantitative estimate of drug-likeness (QED) is 0.163. The Morgan fingerprint density at radius 1 is 0.889 bits per heavy atom. The molecule has 1 aliphatic heterocycles. The highest BCUT2D eigenvalue weighted by molar-refractivity contribution is 5.33. The Bertz CT molecular complexity index is 505. The minimum absolute atomic E-state index is 0.330. The van der Waals surface area contributed by atoms with Crippen molar-refractivity contribution in [1.29, 1.82) is 0 Å². The second kappa shape index (κ2) is 14.7. The van der Waals surface area contributed by atoms with Crippen LogP contribution < -0.4 is 4.74 Å². The lowest BCUT2D eigenvalue weighted by molar-refractivity contribution is 0.261. The van der Waals surface area contributed by atoms with Crippen LogP contribution >= 0.6 is 0 Å². The van der Waals surface area contributed by atoms with E-state index in [1.165, 1.54) is 82.6 Å². The number of epoxide rings is 1. The van der Waals surface area contributed by atoms with E-state index in [1.807, 2.05) is 0 Å². The van der Waals surface area contributed by atoms with Gasteiger partial charge in [-0.1, -0.05) is 88.6 Å². The molecular formula is C25H40O2. The molecule has 1 fully saturated rings. The Balaban J connectivity index is 1.40. The van der Waals surface area contributed by atoms with Gasteiger partial charge in [0, 0.05) is 0 Å². The number of benzene rings is 1. The Morgan fingerprint density at radius 2 is 1.52 bits per heavy atom. The van der Waals surface area contributed by atoms with E-state index in [1.54, 1.807) is 0 Å². The molecule has 1 unspecified atom stereocenters. The Labute approximate surface area is 167 Å². The molecule has 1 atom stereocenters. The molecule has 1 heterocycles. The average Bonchev–Trinajstić information content (AvgIpc) is 3.52. The molecule has 2 heteroatoms. The zero-order valence-electron chi connectivity index (χ0n) is 17.5. The molecule has 1 saturated heterocycles. The third kappa shape index (κ3) is 11.2. The third-order valence-electron chi connectivity index (χ3n) is 5.27. The average molecular weight is 373 g/mol. The van der Waals surface area contributed by atoms with Crippen LogP contribution in [0, 0.1) is 0 Å². The second-order valence-corrected chi connectivity index (χ2v) is 7.83. The lowest BCUT2D eigenvalue weighted by Crippen LogP contribution is -2.05. The maximum atomic E-state index is 5.90. The number of aryl methyl sites for hydroxylation is 1. The second-order valence-electron chi connectivity index (χ2n) is 7.83. The summed E-state index contributed by atoms with van der Waals surface area (Å²) in [5, 5.41) is 0. The number of allylic oxidation sites excluding steroid dienone is 2. The van der Waals surface area contributed by atoms with Crippen LogP contribution in [0.3, 0.4) is 0 Å². The zero-order valence-corrected chi connectivity index (χ0v) is 17.5. The van der Waals surface area contributed by atoms with E-state index >= 15 is 0 Å². The van der Waals surface area contributed by atoms with Crippen LogP contribution in [0.15, 0.2) is 36.4 Å². The normalized spacial score (nSPS) is 16.1. The molecule has 0 aliphatic carbocycles. The van der Waals surface area contributed by atoms with Crippen LogP contribution in [0.1, 0.15) is 89.5 Å². The van der Waals surface area contributed by atoms with Gasteiger partial charge in [0.15, 0.2) is 0 Å². The van der Waals surface area contributed by atoms with Gasteiger partial charge in [0.2, 0.25) is 0 Å². The predicted octanol–water partition coefficient (Wildman–Crippen LogP) is 7.26. The molecule has 27 heavy (non-hydrogen) atoms. The van der Waals surface area contributed by atoms with Gasteiger partial charge < -0.3 is 9.47 Å². The first-order valence-electron chi connectivity index (χ1n) is 11.4. The molecule has 0 bridgehead atoms. The fraction of sp³-hybridized carbons (Fsp3) is 0.680. The number of rotatable bonds is 17. The summed E-state index contributed by atoms with van der Waals surface area (Å²) in [5.41, 5.74) is 1.35. The molecule has 1 aromatic carbocycles. The maximum absolute atomic E-state index is 5.90. The van der Waals surface area contributed by atoms with Crippen molar-refractivity contribution < 1.29 is 9.47 Å². The van der Waals surface area contributed by atoms with Crippen LogP contribution in [0.4, 0.5) is 0 Å². The monoisotopic (exact) mass is 372 g/mol. The topological polar surface area (TPSA) is 21.8 Å². The molecule has 2 nitrogen and oxygen atoms in total. The highest BCUT2D eigenvalue weighted by Gasteiger charge is 2.23. The van der Waals surface area contributed by atoms with Crippen LogP contribution in [0.25, 0.3) is 0 Å². The van der Waals surface area contributed by atoms with E-state index in [2.05, 4.69) is 43.3 Å². The molecule has 0 N–H and O–H groups in total. The summed E-state index contributed by atoms with van der Waals surface area (Å²) in [7, 11) is 0. The molecule has 1 aromatic rings. The van der Waals surface area contributed by atoms with Crippen molar-refractivity contribution >= 4 is 0 Å². The van der Waals surface area contributed by atoms with Gasteiger partial charge in [0.25, 0.3) is 0 Å².